The van der Waals surface area contributed by atoms with Crippen molar-refractivity contribution in [2.45, 2.75) is 0 Å². The van der Waals surface area contributed by atoms with Crippen LogP contribution in [0.5, 0.6) is 0 Å². The van der Waals surface area contributed by atoms with E-state index in [4.69, 9.17) is 5.11 Å². The number of amides is 1. The van der Waals surface area contributed by atoms with Crippen LogP contribution in [0, 0.1) is 0 Å². The number of fused-ring (bicyclic) bond motifs is 1. The van der Waals surface area contributed by atoms with Crippen LogP contribution in [0.3, 0.4) is 0 Å². The number of nitrogens with zero attached hydrogens (tertiary/aromatic N) is 4. The lowest BCUT2D eigenvalue weighted by molar-refractivity contribution is 0.203. The van der Waals surface area contributed by atoms with E-state index in [0.29, 0.717) is 5.65 Å². The van der Waals surface area contributed by atoms with Gasteiger partial charge in [0, 0.05) is 13.2 Å². The molecule has 0 aliphatic carbocycles. The van der Waals surface area contributed by atoms with E-state index in [1.807, 2.05) is 6.07 Å². The topological polar surface area (TPSA) is 70.7 Å². The third-order valence-electron chi connectivity index (χ3n) is 1.96. The Morgan fingerprint density at radius 1 is 1.60 bits per heavy atom. The van der Waals surface area contributed by atoms with Crippen LogP contribution in [0.1, 0.15) is 0 Å². The summed E-state index contributed by atoms with van der Waals surface area (Å²) in [7, 11) is 1.42. The summed E-state index contributed by atoms with van der Waals surface area (Å²) in [5.41, 5.74) is 0.584. The summed E-state index contributed by atoms with van der Waals surface area (Å²) in [5.74, 6) is 0.263. The van der Waals surface area contributed by atoms with Gasteiger partial charge in [-0.05, 0) is 28.1 Å². The second kappa shape index (κ2) is 3.50. The monoisotopic (exact) mass is 270 g/mol. The van der Waals surface area contributed by atoms with E-state index in [9.17, 15) is 4.79 Å². The number of pyridine rings is 1. The fraction of sp³-hybridized carbons (Fsp3) is 0.125. The molecule has 2 rings (SSSR count). The first-order valence-electron chi connectivity index (χ1n) is 4.07. The van der Waals surface area contributed by atoms with Gasteiger partial charge in [-0.25, -0.2) is 9.69 Å². The van der Waals surface area contributed by atoms with Crippen LogP contribution in [0.25, 0.3) is 5.65 Å². The second-order valence-corrected chi connectivity index (χ2v) is 3.75. The zero-order chi connectivity index (χ0) is 11.0. The minimum Gasteiger partial charge on any atom is -0.465 e. The van der Waals surface area contributed by atoms with Crippen LogP contribution >= 0.6 is 15.9 Å². The van der Waals surface area contributed by atoms with Crippen LogP contribution in [0.4, 0.5) is 10.7 Å². The highest BCUT2D eigenvalue weighted by Gasteiger charge is 2.16. The maximum Gasteiger partial charge on any atom is 0.413 e. The number of anilines is 1. The molecule has 0 spiro atoms. The summed E-state index contributed by atoms with van der Waals surface area (Å²) in [6.45, 7) is 0. The van der Waals surface area contributed by atoms with E-state index in [1.54, 1.807) is 16.7 Å². The van der Waals surface area contributed by atoms with Gasteiger partial charge in [0.25, 0.3) is 0 Å². The molecule has 7 heteroatoms. The molecule has 0 aliphatic rings. The molecule has 0 aliphatic heterocycles. The quantitative estimate of drug-likeness (QED) is 0.855. The number of halogens is 1. The molecule has 0 radical (unpaired) electrons. The number of hydrogen-bond acceptors (Lipinski definition) is 3. The molecule has 0 saturated carbocycles. The smallest absolute Gasteiger partial charge is 0.413 e. The third kappa shape index (κ3) is 1.54. The van der Waals surface area contributed by atoms with Gasteiger partial charge in [-0.3, -0.25) is 4.40 Å². The molecule has 0 bridgehead atoms. The van der Waals surface area contributed by atoms with Gasteiger partial charge in [-0.15, -0.1) is 10.2 Å². The summed E-state index contributed by atoms with van der Waals surface area (Å²) in [6, 6.07) is 3.59. The molecular formula is C8H7BrN4O2. The van der Waals surface area contributed by atoms with Gasteiger partial charge in [0.2, 0.25) is 5.95 Å². The maximum absolute atomic E-state index is 10.8. The largest absolute Gasteiger partial charge is 0.465 e. The van der Waals surface area contributed by atoms with Gasteiger partial charge < -0.3 is 5.11 Å². The van der Waals surface area contributed by atoms with Crippen LogP contribution in [0.2, 0.25) is 0 Å². The molecule has 0 fully saturated rings. The van der Waals surface area contributed by atoms with E-state index in [-0.39, 0.29) is 5.95 Å². The number of aromatic nitrogens is 3. The van der Waals surface area contributed by atoms with E-state index in [1.165, 1.54) is 7.05 Å². The van der Waals surface area contributed by atoms with E-state index in [2.05, 4.69) is 26.1 Å². The van der Waals surface area contributed by atoms with Crippen LogP contribution in [0.15, 0.2) is 22.8 Å². The number of hydrogen-bond donors (Lipinski definition) is 1. The van der Waals surface area contributed by atoms with Crippen molar-refractivity contribution in [1.29, 1.82) is 0 Å². The number of carboxylic acid groups (broad SMARTS) is 1. The lowest BCUT2D eigenvalue weighted by Gasteiger charge is -2.09. The van der Waals surface area contributed by atoms with Gasteiger partial charge in [0.05, 0.1) is 4.47 Å². The Morgan fingerprint density at radius 3 is 3.00 bits per heavy atom. The Morgan fingerprint density at radius 2 is 2.33 bits per heavy atom. The summed E-state index contributed by atoms with van der Waals surface area (Å²) < 4.78 is 2.36. The minimum absolute atomic E-state index is 0.263. The summed E-state index contributed by atoms with van der Waals surface area (Å²) >= 11 is 3.31. The fourth-order valence-corrected chi connectivity index (χ4v) is 1.61. The summed E-state index contributed by atoms with van der Waals surface area (Å²) in [4.78, 5) is 11.8. The highest BCUT2D eigenvalue weighted by Crippen LogP contribution is 2.19. The lowest BCUT2D eigenvalue weighted by Crippen LogP contribution is -2.25. The standard InChI is InChI=1S/C8H7BrN4O2/c1-12(8(14)15)7-11-10-6-5(9)3-2-4-13(6)7/h2-4H,1H3,(H,14,15). The third-order valence-corrected chi connectivity index (χ3v) is 2.58. The van der Waals surface area contributed by atoms with E-state index in [0.717, 1.165) is 9.37 Å². The van der Waals surface area contributed by atoms with Gasteiger partial charge in [0.15, 0.2) is 5.65 Å². The van der Waals surface area contributed by atoms with E-state index < -0.39 is 6.09 Å². The lowest BCUT2D eigenvalue weighted by atomic mass is 10.5. The molecule has 0 saturated heterocycles. The Kier molecular flexibility index (Phi) is 2.31. The Bertz CT molecular complexity index is 524. The van der Waals surface area contributed by atoms with E-state index >= 15 is 0 Å². The van der Waals surface area contributed by atoms with Gasteiger partial charge >= 0.3 is 6.09 Å². The van der Waals surface area contributed by atoms with Crippen LogP contribution in [-0.4, -0.2) is 32.8 Å². The molecular weight excluding hydrogens is 264 g/mol. The average molecular weight is 271 g/mol. The van der Waals surface area contributed by atoms with Gasteiger partial charge in [0.1, 0.15) is 0 Å². The Hall–Kier alpha value is -1.63. The number of carbonyl (C=O) groups is 1. The first-order chi connectivity index (χ1) is 7.11. The Balaban J connectivity index is 2.64. The van der Waals surface area contributed by atoms with Crippen molar-refractivity contribution >= 4 is 33.6 Å². The molecule has 0 aromatic carbocycles. The molecule has 0 unspecified atom stereocenters. The first-order valence-corrected chi connectivity index (χ1v) is 4.86. The molecule has 1 N–H and O–H groups in total. The highest BCUT2D eigenvalue weighted by atomic mass is 79.9. The molecule has 2 aromatic rings. The molecule has 78 valence electrons. The summed E-state index contributed by atoms with van der Waals surface area (Å²) in [5, 5.41) is 16.5. The SMILES string of the molecule is CN(C(=O)O)c1nnc2c(Br)cccn12. The molecule has 6 nitrogen and oxygen atoms in total. The van der Waals surface area contributed by atoms with Crippen LogP contribution in [-0.2, 0) is 0 Å². The van der Waals surface area contributed by atoms with Crippen molar-refractivity contribution in [1.82, 2.24) is 14.6 Å². The average Bonchev–Trinajstić information content (AvgIpc) is 2.61. The zero-order valence-electron chi connectivity index (χ0n) is 7.75. The highest BCUT2D eigenvalue weighted by molar-refractivity contribution is 9.10. The molecule has 2 heterocycles. The number of rotatable bonds is 1. The summed E-state index contributed by atoms with van der Waals surface area (Å²) in [6.07, 6.45) is 0.624. The van der Waals surface area contributed by atoms with Crippen molar-refractivity contribution in [3.05, 3.63) is 22.8 Å². The molecule has 1 amide bonds. The van der Waals surface area contributed by atoms with Crippen molar-refractivity contribution in [3.63, 3.8) is 0 Å². The van der Waals surface area contributed by atoms with Crippen molar-refractivity contribution in [2.24, 2.45) is 0 Å². The van der Waals surface area contributed by atoms with Crippen molar-refractivity contribution in [3.8, 4) is 0 Å². The maximum atomic E-state index is 10.8. The van der Waals surface area contributed by atoms with Crippen LogP contribution < -0.4 is 4.90 Å². The predicted octanol–water partition coefficient (Wildman–Crippen LogP) is 1.61. The zero-order valence-corrected chi connectivity index (χ0v) is 9.34. The molecule has 15 heavy (non-hydrogen) atoms. The minimum atomic E-state index is -1.08. The predicted molar refractivity (Wildman–Crippen MR) is 57.1 cm³/mol. The van der Waals surface area contributed by atoms with Gasteiger partial charge in [-0.2, -0.15) is 0 Å². The molecule has 0 atom stereocenters. The van der Waals surface area contributed by atoms with Crippen molar-refractivity contribution < 1.29 is 9.90 Å². The Labute approximate surface area is 93.3 Å². The second-order valence-electron chi connectivity index (χ2n) is 2.89. The first kappa shape index (κ1) is 9.91. The normalized spacial score (nSPS) is 10.5. The van der Waals surface area contributed by atoms with Crippen molar-refractivity contribution in [2.75, 3.05) is 11.9 Å². The fourth-order valence-electron chi connectivity index (χ4n) is 1.19. The molecule has 2 aromatic heterocycles. The van der Waals surface area contributed by atoms with Gasteiger partial charge in [-0.1, -0.05) is 0 Å².